The number of aliphatic hydroxyl groups is 1. The van der Waals surface area contributed by atoms with E-state index in [1.165, 1.54) is 4.31 Å². The fourth-order valence-electron chi connectivity index (χ4n) is 4.72. The Morgan fingerprint density at radius 1 is 1.12 bits per heavy atom. The van der Waals surface area contributed by atoms with Crippen LogP contribution in [0.4, 0.5) is 0 Å². The Bertz CT molecular complexity index is 1160. The van der Waals surface area contributed by atoms with Crippen LogP contribution in [0.15, 0.2) is 53.4 Å². The highest BCUT2D eigenvalue weighted by Gasteiger charge is 2.55. The van der Waals surface area contributed by atoms with Crippen LogP contribution in [-0.4, -0.2) is 60.4 Å². The number of aliphatic hydroxyl groups excluding tert-OH is 1. The van der Waals surface area contributed by atoms with Crippen LogP contribution >= 0.6 is 0 Å². The number of amides is 1. The number of piperazine rings is 1. The van der Waals surface area contributed by atoms with E-state index >= 15 is 0 Å². The van der Waals surface area contributed by atoms with Gasteiger partial charge < -0.3 is 10.0 Å². The summed E-state index contributed by atoms with van der Waals surface area (Å²) in [6, 6.07) is 14.0. The molecule has 6 nitrogen and oxygen atoms in total. The first-order valence-electron chi connectivity index (χ1n) is 10.9. The minimum atomic E-state index is -3.79. The minimum Gasteiger partial charge on any atom is -0.394 e. The number of fused-ring (bicyclic) bond motifs is 1. The lowest BCUT2D eigenvalue weighted by molar-refractivity contribution is -0.158. The molecule has 0 spiro atoms. The molecule has 2 fully saturated rings. The van der Waals surface area contributed by atoms with E-state index in [-0.39, 0.29) is 48.5 Å². The predicted octanol–water partition coefficient (Wildman–Crippen LogP) is 2.51. The molecule has 0 radical (unpaired) electrons. The van der Waals surface area contributed by atoms with Gasteiger partial charge in [-0.05, 0) is 42.7 Å². The Labute approximate surface area is 189 Å². The highest BCUT2D eigenvalue weighted by atomic mass is 32.2. The molecule has 1 N–H and O–H groups in total. The van der Waals surface area contributed by atoms with Gasteiger partial charge in [-0.3, -0.25) is 4.79 Å². The van der Waals surface area contributed by atoms with Gasteiger partial charge >= 0.3 is 0 Å². The summed E-state index contributed by atoms with van der Waals surface area (Å²) in [4.78, 5) is 14.8. The number of nitrogens with zero attached hydrogens (tertiary/aromatic N) is 2. The van der Waals surface area contributed by atoms with Crippen LogP contribution in [-0.2, 0) is 14.8 Å². The van der Waals surface area contributed by atoms with Gasteiger partial charge in [0.15, 0.2) is 0 Å². The highest BCUT2D eigenvalue weighted by molar-refractivity contribution is 7.89. The zero-order chi connectivity index (χ0) is 22.9. The van der Waals surface area contributed by atoms with Crippen molar-refractivity contribution in [3.63, 3.8) is 0 Å². The Morgan fingerprint density at radius 2 is 1.84 bits per heavy atom. The van der Waals surface area contributed by atoms with Crippen molar-refractivity contribution in [2.24, 2.45) is 0 Å². The van der Waals surface area contributed by atoms with Crippen molar-refractivity contribution in [3.05, 3.63) is 65.2 Å². The van der Waals surface area contributed by atoms with Gasteiger partial charge in [0.2, 0.25) is 15.9 Å². The van der Waals surface area contributed by atoms with Crippen molar-refractivity contribution in [1.82, 2.24) is 9.21 Å². The fourth-order valence-corrected chi connectivity index (χ4v) is 6.35. The van der Waals surface area contributed by atoms with Crippen LogP contribution in [0.3, 0.4) is 0 Å². The lowest BCUT2D eigenvalue weighted by Crippen LogP contribution is -2.73. The first-order chi connectivity index (χ1) is 15.4. The van der Waals surface area contributed by atoms with Crippen molar-refractivity contribution >= 4 is 15.9 Å². The van der Waals surface area contributed by atoms with Gasteiger partial charge in [-0.1, -0.05) is 49.1 Å². The average Bonchev–Trinajstić information content (AvgIpc) is 2.76. The molecular formula is C25H28N2O4S. The topological polar surface area (TPSA) is 77.9 Å². The van der Waals surface area contributed by atoms with Crippen LogP contribution in [0, 0.1) is 18.8 Å². The third-order valence-corrected chi connectivity index (χ3v) is 8.31. The molecule has 7 heteroatoms. The summed E-state index contributed by atoms with van der Waals surface area (Å²) < 4.78 is 27.9. The predicted molar refractivity (Wildman–Crippen MR) is 122 cm³/mol. The molecule has 0 bridgehead atoms. The van der Waals surface area contributed by atoms with Gasteiger partial charge in [-0.25, -0.2) is 8.42 Å². The number of rotatable bonds is 5. The molecule has 0 aromatic heterocycles. The van der Waals surface area contributed by atoms with E-state index in [2.05, 4.69) is 18.8 Å². The van der Waals surface area contributed by atoms with Crippen molar-refractivity contribution < 1.29 is 18.3 Å². The van der Waals surface area contributed by atoms with Crippen molar-refractivity contribution in [2.75, 3.05) is 19.7 Å². The second-order valence-electron chi connectivity index (χ2n) is 8.38. The molecule has 2 aliphatic heterocycles. The number of aryl methyl sites for hydroxylation is 1. The molecular weight excluding hydrogens is 424 g/mol. The van der Waals surface area contributed by atoms with E-state index < -0.39 is 10.0 Å². The second kappa shape index (κ2) is 9.07. The van der Waals surface area contributed by atoms with E-state index in [9.17, 15) is 18.3 Å². The zero-order valence-electron chi connectivity index (χ0n) is 18.4. The molecule has 4 rings (SSSR count). The summed E-state index contributed by atoms with van der Waals surface area (Å²) in [5.74, 6) is 5.86. The average molecular weight is 453 g/mol. The number of hydrogen-bond acceptors (Lipinski definition) is 4. The Morgan fingerprint density at radius 3 is 2.50 bits per heavy atom. The van der Waals surface area contributed by atoms with Crippen molar-refractivity contribution in [1.29, 1.82) is 0 Å². The molecule has 1 amide bonds. The maximum atomic E-state index is 13.3. The van der Waals surface area contributed by atoms with Crippen molar-refractivity contribution in [3.8, 4) is 11.8 Å². The van der Waals surface area contributed by atoms with Crippen LogP contribution in [0.5, 0.6) is 0 Å². The smallest absolute Gasteiger partial charge is 0.243 e. The maximum Gasteiger partial charge on any atom is 0.243 e. The lowest BCUT2D eigenvalue weighted by atomic mass is 9.74. The number of benzene rings is 2. The largest absolute Gasteiger partial charge is 0.394 e. The normalized spacial score (nSPS) is 23.2. The molecule has 0 saturated carbocycles. The van der Waals surface area contributed by atoms with Gasteiger partial charge in [0, 0.05) is 24.4 Å². The molecule has 2 aliphatic rings. The number of hydrogen-bond donors (Lipinski definition) is 1. The molecule has 2 aromatic rings. The van der Waals surface area contributed by atoms with Gasteiger partial charge in [0.1, 0.15) is 0 Å². The number of carbonyl (C=O) groups excluding carboxylic acids is 1. The highest BCUT2D eigenvalue weighted by Crippen LogP contribution is 2.43. The monoisotopic (exact) mass is 452 g/mol. The SMILES string of the molecule is CCCC#Cc1ccc([C@H]2[C@H](CO)N3C(=O)CN(S(=O)(=O)c4ccccc4C)C[C@@H]23)cc1. The van der Waals surface area contributed by atoms with Gasteiger partial charge in [0.05, 0.1) is 30.1 Å². The summed E-state index contributed by atoms with van der Waals surface area (Å²) in [6.45, 7) is 3.69. The Hall–Kier alpha value is -2.66. The molecule has 2 heterocycles. The first-order valence-corrected chi connectivity index (χ1v) is 12.4. The minimum absolute atomic E-state index is 0.128. The first kappa shape index (κ1) is 22.5. The second-order valence-corrected chi connectivity index (χ2v) is 10.3. The fraction of sp³-hybridized carbons (Fsp3) is 0.400. The zero-order valence-corrected chi connectivity index (χ0v) is 19.2. The van der Waals surface area contributed by atoms with Crippen LogP contribution in [0.25, 0.3) is 0 Å². The standard InChI is InChI=1S/C25H28N2O4S/c1-3-4-5-9-19-11-13-20(14-12-19)25-21-15-26(16-24(29)27(21)22(25)17-28)32(30,31)23-10-7-6-8-18(23)2/h6-8,10-14,21-22,25,28H,3-4,15-17H2,1-2H3/t21-,22-,25+/m0/s1. The van der Waals surface area contributed by atoms with Crippen LogP contribution < -0.4 is 0 Å². The molecule has 0 unspecified atom stereocenters. The van der Waals surface area contributed by atoms with E-state index in [0.717, 1.165) is 24.0 Å². The summed E-state index contributed by atoms with van der Waals surface area (Å²) >= 11 is 0. The van der Waals surface area contributed by atoms with Crippen LogP contribution in [0.1, 0.15) is 42.4 Å². The lowest BCUT2D eigenvalue weighted by Gasteiger charge is -2.58. The van der Waals surface area contributed by atoms with Gasteiger partial charge in [-0.2, -0.15) is 4.31 Å². The van der Waals surface area contributed by atoms with E-state index in [1.54, 1.807) is 36.1 Å². The van der Waals surface area contributed by atoms with E-state index in [0.29, 0.717) is 5.56 Å². The van der Waals surface area contributed by atoms with E-state index in [4.69, 9.17) is 0 Å². The quantitative estimate of drug-likeness (QED) is 0.707. The number of sulfonamides is 1. The molecule has 32 heavy (non-hydrogen) atoms. The molecule has 2 saturated heterocycles. The Kier molecular flexibility index (Phi) is 6.38. The molecule has 2 aromatic carbocycles. The van der Waals surface area contributed by atoms with E-state index in [1.807, 2.05) is 24.3 Å². The number of carbonyl (C=O) groups is 1. The summed E-state index contributed by atoms with van der Waals surface area (Å²) in [5.41, 5.74) is 2.55. The number of unbranched alkanes of at least 4 members (excludes halogenated alkanes) is 1. The van der Waals surface area contributed by atoms with Gasteiger partial charge in [-0.15, -0.1) is 0 Å². The third kappa shape index (κ3) is 3.95. The summed E-state index contributed by atoms with van der Waals surface area (Å²) in [6.07, 6.45) is 1.86. The van der Waals surface area contributed by atoms with Gasteiger partial charge in [0.25, 0.3) is 0 Å². The molecule has 168 valence electrons. The van der Waals surface area contributed by atoms with Crippen LogP contribution in [0.2, 0.25) is 0 Å². The van der Waals surface area contributed by atoms with Crippen molar-refractivity contribution in [2.45, 2.75) is 49.6 Å². The maximum absolute atomic E-state index is 13.3. The Balaban J connectivity index is 1.60. The molecule has 0 aliphatic carbocycles. The summed E-state index contributed by atoms with van der Waals surface area (Å²) in [7, 11) is -3.79. The summed E-state index contributed by atoms with van der Waals surface area (Å²) in [5, 5.41) is 9.96. The molecule has 3 atom stereocenters. The third-order valence-electron chi connectivity index (χ3n) is 6.34.